The number of aliphatic hydroxyl groups excluding tert-OH is 4. The number of aliphatic hydroxyl groups is 4. The molecule has 0 spiro atoms. The highest BCUT2D eigenvalue weighted by Crippen LogP contribution is 2.48. The number of aliphatic carboxylic acids is 2. The molecule has 8 unspecified atom stereocenters. The zero-order valence-electron chi connectivity index (χ0n) is 28.1. The van der Waals surface area contributed by atoms with Gasteiger partial charge in [-0.3, -0.25) is 9.59 Å². The van der Waals surface area contributed by atoms with Crippen LogP contribution in [-0.2, 0) is 9.59 Å². The van der Waals surface area contributed by atoms with Gasteiger partial charge in [0.15, 0.2) is 0 Å². The van der Waals surface area contributed by atoms with Crippen LogP contribution in [0.15, 0.2) is 0 Å². The lowest BCUT2D eigenvalue weighted by atomic mass is 9.58. The molecule has 1 rings (SSSR count). The predicted octanol–water partition coefficient (Wildman–Crippen LogP) is 7.48. The molecule has 1 saturated carbocycles. The molecular weight excluding hydrogens is 560 g/mol. The van der Waals surface area contributed by atoms with Crippen molar-refractivity contribution in [2.75, 3.05) is 0 Å². The van der Waals surface area contributed by atoms with Gasteiger partial charge in [0.2, 0.25) is 0 Å². The molecule has 260 valence electrons. The Balaban J connectivity index is 2.90. The molecule has 8 atom stereocenters. The van der Waals surface area contributed by atoms with Crippen molar-refractivity contribution in [3.8, 4) is 0 Å². The van der Waals surface area contributed by atoms with E-state index < -0.39 is 36.4 Å². The predicted molar refractivity (Wildman–Crippen MR) is 175 cm³/mol. The maximum atomic E-state index is 11.5. The van der Waals surface area contributed by atoms with Gasteiger partial charge in [-0.2, -0.15) is 0 Å². The Morgan fingerprint density at radius 3 is 1.36 bits per heavy atom. The van der Waals surface area contributed by atoms with Crippen LogP contribution in [0.5, 0.6) is 0 Å². The van der Waals surface area contributed by atoms with Gasteiger partial charge in [-0.05, 0) is 68.6 Å². The van der Waals surface area contributed by atoms with Gasteiger partial charge in [0, 0.05) is 12.8 Å². The van der Waals surface area contributed by atoms with E-state index in [4.69, 9.17) is 10.2 Å². The van der Waals surface area contributed by atoms with Gasteiger partial charge in [0.25, 0.3) is 0 Å². The minimum atomic E-state index is -0.879. The highest BCUT2D eigenvalue weighted by atomic mass is 16.4. The largest absolute Gasteiger partial charge is 0.481 e. The Hall–Kier alpha value is -1.22. The number of hydrogen-bond acceptors (Lipinski definition) is 6. The minimum absolute atomic E-state index is 0.000892. The molecule has 1 aliphatic carbocycles. The molecule has 0 amide bonds. The van der Waals surface area contributed by atoms with E-state index in [9.17, 15) is 30.0 Å². The molecule has 0 aromatic rings. The molecule has 1 aliphatic rings. The maximum Gasteiger partial charge on any atom is 0.303 e. The lowest BCUT2D eigenvalue weighted by Crippen LogP contribution is -2.54. The number of carbonyl (C=O) groups is 2. The molecule has 0 bridgehead atoms. The summed E-state index contributed by atoms with van der Waals surface area (Å²) in [5.41, 5.74) is 0. The quantitative estimate of drug-likeness (QED) is 0.0487. The number of carboxylic acid groups (broad SMARTS) is 2. The van der Waals surface area contributed by atoms with Crippen LogP contribution in [0.2, 0.25) is 0 Å². The average Bonchev–Trinajstić information content (AvgIpc) is 2.98. The molecule has 8 nitrogen and oxygen atoms in total. The fraction of sp³-hybridized carbons (Fsp3) is 0.944. The summed E-state index contributed by atoms with van der Waals surface area (Å²) in [6, 6.07) is 0. The van der Waals surface area contributed by atoms with Gasteiger partial charge >= 0.3 is 11.9 Å². The fourth-order valence-electron chi connectivity index (χ4n) is 7.61. The molecule has 44 heavy (non-hydrogen) atoms. The van der Waals surface area contributed by atoms with Gasteiger partial charge in [0.05, 0.1) is 24.4 Å². The van der Waals surface area contributed by atoms with E-state index in [0.717, 1.165) is 116 Å². The second-order valence-electron chi connectivity index (χ2n) is 13.8. The Morgan fingerprint density at radius 1 is 0.500 bits per heavy atom. The first-order valence-corrected chi connectivity index (χ1v) is 18.3. The number of rotatable bonds is 28. The average molecular weight is 629 g/mol. The normalized spacial score (nSPS) is 25.1. The number of carboxylic acids is 2. The third-order valence-corrected chi connectivity index (χ3v) is 10.2. The van der Waals surface area contributed by atoms with Crippen LogP contribution in [0.25, 0.3) is 0 Å². The van der Waals surface area contributed by atoms with Crippen LogP contribution < -0.4 is 0 Å². The molecule has 8 heteroatoms. The first-order valence-electron chi connectivity index (χ1n) is 18.3. The van der Waals surface area contributed by atoms with Crippen molar-refractivity contribution in [2.45, 2.75) is 192 Å². The van der Waals surface area contributed by atoms with Crippen molar-refractivity contribution in [1.82, 2.24) is 0 Å². The first kappa shape index (κ1) is 40.8. The van der Waals surface area contributed by atoms with Crippen LogP contribution in [0, 0.1) is 23.7 Å². The van der Waals surface area contributed by atoms with Crippen molar-refractivity contribution >= 4 is 11.9 Å². The molecule has 0 aromatic heterocycles. The van der Waals surface area contributed by atoms with E-state index in [1.807, 2.05) is 0 Å². The summed E-state index contributed by atoms with van der Waals surface area (Å²) in [6.07, 6.45) is 16.8. The molecule has 0 saturated heterocycles. The van der Waals surface area contributed by atoms with Crippen LogP contribution in [0.3, 0.4) is 0 Å². The smallest absolute Gasteiger partial charge is 0.303 e. The lowest BCUT2D eigenvalue weighted by Gasteiger charge is -2.50. The van der Waals surface area contributed by atoms with Crippen LogP contribution in [0.1, 0.15) is 168 Å². The number of unbranched alkanes of at least 4 members (excludes halogenated alkanes) is 13. The molecule has 1 fully saturated rings. The van der Waals surface area contributed by atoms with Crippen molar-refractivity contribution in [2.24, 2.45) is 23.7 Å². The number of hydrogen-bond donors (Lipinski definition) is 6. The summed E-state index contributed by atoms with van der Waals surface area (Å²) in [7, 11) is 0. The first-order chi connectivity index (χ1) is 21.1. The minimum Gasteiger partial charge on any atom is -0.481 e. The Labute approximate surface area is 268 Å². The van der Waals surface area contributed by atoms with Crippen molar-refractivity contribution in [1.29, 1.82) is 0 Å². The summed E-state index contributed by atoms with van der Waals surface area (Å²) in [4.78, 5) is 21.4. The Kier molecular flexibility index (Phi) is 23.1. The van der Waals surface area contributed by atoms with Crippen LogP contribution in [0.4, 0.5) is 0 Å². The molecule has 0 aliphatic heterocycles. The van der Waals surface area contributed by atoms with Crippen LogP contribution >= 0.6 is 0 Å². The van der Waals surface area contributed by atoms with Gasteiger partial charge in [0.1, 0.15) is 0 Å². The lowest BCUT2D eigenvalue weighted by molar-refractivity contribution is -0.144. The fourth-order valence-corrected chi connectivity index (χ4v) is 7.61. The van der Waals surface area contributed by atoms with E-state index in [2.05, 4.69) is 13.8 Å². The monoisotopic (exact) mass is 628 g/mol. The van der Waals surface area contributed by atoms with Crippen molar-refractivity contribution in [3.05, 3.63) is 0 Å². The van der Waals surface area contributed by atoms with Gasteiger partial charge in [-0.15, -0.1) is 0 Å². The van der Waals surface area contributed by atoms with E-state index >= 15 is 0 Å². The SMILES string of the molecule is CCCCCC1C(O)C(O)C(CCCCCCCCC(=O)O)C(CC(O)C(O)CCCCCCCC(=O)O)C1CCCCC. The Bertz CT molecular complexity index is 731. The highest BCUT2D eigenvalue weighted by Gasteiger charge is 2.49. The van der Waals surface area contributed by atoms with Crippen molar-refractivity contribution in [3.63, 3.8) is 0 Å². The van der Waals surface area contributed by atoms with E-state index in [0.29, 0.717) is 25.7 Å². The standard InChI is InChI=1S/C36H68O8/c1-3-5-14-20-27-28(21-15-6-4-2)35(43)36(44)29(22-16-10-7-8-12-18-24-33(39)40)30(27)26-32(38)31(37)23-17-11-9-13-19-25-34(41)42/h27-32,35-38,43-44H,3-26H2,1-2H3,(H,39,40)(H,41,42). The molecular formula is C36H68O8. The zero-order valence-corrected chi connectivity index (χ0v) is 28.1. The summed E-state index contributed by atoms with van der Waals surface area (Å²) in [5.74, 6) is -1.40. The Morgan fingerprint density at radius 2 is 0.886 bits per heavy atom. The third kappa shape index (κ3) is 16.9. The van der Waals surface area contributed by atoms with E-state index in [1.165, 1.54) is 0 Å². The van der Waals surface area contributed by atoms with Crippen molar-refractivity contribution < 1.29 is 40.2 Å². The zero-order chi connectivity index (χ0) is 32.7. The second-order valence-corrected chi connectivity index (χ2v) is 13.8. The third-order valence-electron chi connectivity index (χ3n) is 10.2. The second kappa shape index (κ2) is 24.9. The summed E-state index contributed by atoms with van der Waals surface area (Å²) in [6.45, 7) is 4.36. The molecule has 0 aromatic carbocycles. The summed E-state index contributed by atoms with van der Waals surface area (Å²) in [5, 5.41) is 62.8. The molecule has 0 heterocycles. The van der Waals surface area contributed by atoms with E-state index in [1.54, 1.807) is 0 Å². The highest BCUT2D eigenvalue weighted by molar-refractivity contribution is 5.66. The molecule has 0 radical (unpaired) electrons. The van der Waals surface area contributed by atoms with Gasteiger partial charge in [-0.1, -0.05) is 110 Å². The molecule has 6 N–H and O–H groups in total. The maximum absolute atomic E-state index is 11.5. The summed E-state index contributed by atoms with van der Waals surface area (Å²) >= 11 is 0. The van der Waals surface area contributed by atoms with Gasteiger partial charge in [-0.25, -0.2) is 0 Å². The van der Waals surface area contributed by atoms with Gasteiger partial charge < -0.3 is 30.6 Å². The van der Waals surface area contributed by atoms with E-state index in [-0.39, 0.29) is 36.5 Å². The topological polar surface area (TPSA) is 156 Å². The van der Waals surface area contributed by atoms with Crippen LogP contribution in [-0.4, -0.2) is 67.0 Å². The summed E-state index contributed by atoms with van der Waals surface area (Å²) < 4.78 is 0.